The Labute approximate surface area is 128 Å². The van der Waals surface area contributed by atoms with Gasteiger partial charge in [0.15, 0.2) is 5.78 Å². The summed E-state index contributed by atoms with van der Waals surface area (Å²) in [5, 5.41) is 0.451. The van der Waals surface area contributed by atoms with Crippen molar-refractivity contribution in [3.05, 3.63) is 52.5 Å². The Balaban J connectivity index is 2.48. The minimum Gasteiger partial charge on any atom is -0.497 e. The normalized spacial score (nSPS) is 10.1. The minimum atomic E-state index is -0.194. The molecule has 0 amide bonds. The quantitative estimate of drug-likeness (QED) is 0.792. The Bertz CT molecular complexity index is 667. The maximum Gasteiger partial charge on any atom is 0.197 e. The molecule has 0 fully saturated rings. The summed E-state index contributed by atoms with van der Waals surface area (Å²) in [5.41, 5.74) is 0.879. The van der Waals surface area contributed by atoms with Crippen molar-refractivity contribution in [2.24, 2.45) is 0 Å². The van der Waals surface area contributed by atoms with E-state index in [1.54, 1.807) is 43.5 Å². The molecule has 4 nitrogen and oxygen atoms in total. The first-order valence-electron chi connectivity index (χ1n) is 6.21. The van der Waals surface area contributed by atoms with Gasteiger partial charge in [-0.1, -0.05) is 11.6 Å². The van der Waals surface area contributed by atoms with Crippen LogP contribution < -0.4 is 14.2 Å². The molecule has 2 rings (SSSR count). The summed E-state index contributed by atoms with van der Waals surface area (Å²) in [5.74, 6) is 1.32. The summed E-state index contributed by atoms with van der Waals surface area (Å²) >= 11 is 5.97. The molecule has 0 aliphatic carbocycles. The molecule has 0 saturated carbocycles. The van der Waals surface area contributed by atoms with Gasteiger partial charge in [-0.25, -0.2) is 0 Å². The third kappa shape index (κ3) is 3.11. The second-order valence-electron chi connectivity index (χ2n) is 4.24. The molecule has 0 radical (unpaired) electrons. The maximum absolute atomic E-state index is 12.6. The molecule has 0 saturated heterocycles. The molecule has 0 aliphatic heterocycles. The Hall–Kier alpha value is -2.20. The van der Waals surface area contributed by atoms with Gasteiger partial charge >= 0.3 is 0 Å². The maximum atomic E-state index is 12.6. The molecule has 5 heteroatoms. The number of carbonyl (C=O) groups excluding carboxylic acids is 1. The van der Waals surface area contributed by atoms with Crippen LogP contribution in [0.4, 0.5) is 0 Å². The molecule has 0 N–H and O–H groups in total. The highest BCUT2D eigenvalue weighted by Crippen LogP contribution is 2.30. The summed E-state index contributed by atoms with van der Waals surface area (Å²) < 4.78 is 15.5. The molecule has 0 aliphatic rings. The van der Waals surface area contributed by atoms with Crippen LogP contribution in [0.2, 0.25) is 5.02 Å². The first-order chi connectivity index (χ1) is 10.1. The van der Waals surface area contributed by atoms with Crippen molar-refractivity contribution in [2.45, 2.75) is 0 Å². The molecular formula is C16H15ClO4. The minimum absolute atomic E-state index is 0.194. The summed E-state index contributed by atoms with van der Waals surface area (Å²) in [4.78, 5) is 12.6. The van der Waals surface area contributed by atoms with E-state index in [1.165, 1.54) is 14.2 Å². The first kappa shape index (κ1) is 15.2. The summed E-state index contributed by atoms with van der Waals surface area (Å²) in [6, 6.07) is 9.94. The van der Waals surface area contributed by atoms with Gasteiger partial charge in [0.1, 0.15) is 17.2 Å². The number of benzene rings is 2. The standard InChI is InChI=1S/C16H15ClO4/c1-19-11-5-7-14(20-2)12(9-11)16(18)10-4-6-13(17)15(8-10)21-3/h4-9H,1-3H3. The predicted octanol–water partition coefficient (Wildman–Crippen LogP) is 3.60. The second kappa shape index (κ2) is 6.50. The molecule has 0 heterocycles. The van der Waals surface area contributed by atoms with Crippen LogP contribution in [0.15, 0.2) is 36.4 Å². The van der Waals surface area contributed by atoms with Crippen LogP contribution in [0.25, 0.3) is 0 Å². The molecule has 0 aromatic heterocycles. The van der Waals surface area contributed by atoms with Crippen molar-refractivity contribution < 1.29 is 19.0 Å². The van der Waals surface area contributed by atoms with E-state index in [0.29, 0.717) is 33.4 Å². The fraction of sp³-hybridized carbons (Fsp3) is 0.188. The Morgan fingerprint density at radius 3 is 2.24 bits per heavy atom. The van der Waals surface area contributed by atoms with Crippen molar-refractivity contribution in [2.75, 3.05) is 21.3 Å². The molecule has 0 bridgehead atoms. The van der Waals surface area contributed by atoms with Gasteiger partial charge in [-0.2, -0.15) is 0 Å². The van der Waals surface area contributed by atoms with Crippen LogP contribution in [0.1, 0.15) is 15.9 Å². The van der Waals surface area contributed by atoms with Gasteiger partial charge in [0, 0.05) is 5.56 Å². The number of hydrogen-bond donors (Lipinski definition) is 0. The third-order valence-electron chi connectivity index (χ3n) is 3.06. The lowest BCUT2D eigenvalue weighted by Gasteiger charge is -2.11. The zero-order valence-corrected chi connectivity index (χ0v) is 12.7. The van der Waals surface area contributed by atoms with Gasteiger partial charge in [-0.3, -0.25) is 4.79 Å². The SMILES string of the molecule is COc1ccc(OC)c(C(=O)c2ccc(Cl)c(OC)c2)c1. The molecule has 0 spiro atoms. The van der Waals surface area contributed by atoms with Crippen molar-refractivity contribution in [3.63, 3.8) is 0 Å². The monoisotopic (exact) mass is 306 g/mol. The fourth-order valence-electron chi connectivity index (χ4n) is 1.95. The average Bonchev–Trinajstić information content (AvgIpc) is 2.54. The molecule has 21 heavy (non-hydrogen) atoms. The van der Waals surface area contributed by atoms with Gasteiger partial charge in [0.2, 0.25) is 0 Å². The van der Waals surface area contributed by atoms with Gasteiger partial charge in [-0.05, 0) is 36.4 Å². The predicted molar refractivity (Wildman–Crippen MR) is 81.0 cm³/mol. The van der Waals surface area contributed by atoms with E-state index in [4.69, 9.17) is 25.8 Å². The topological polar surface area (TPSA) is 44.8 Å². The molecule has 0 unspecified atom stereocenters. The van der Waals surface area contributed by atoms with Crippen molar-refractivity contribution in [3.8, 4) is 17.2 Å². The second-order valence-corrected chi connectivity index (χ2v) is 4.65. The van der Waals surface area contributed by atoms with E-state index in [0.717, 1.165) is 0 Å². The highest BCUT2D eigenvalue weighted by molar-refractivity contribution is 6.32. The van der Waals surface area contributed by atoms with Crippen LogP contribution >= 0.6 is 11.6 Å². The number of hydrogen-bond acceptors (Lipinski definition) is 4. The lowest BCUT2D eigenvalue weighted by molar-refractivity contribution is 0.103. The van der Waals surface area contributed by atoms with Crippen LogP contribution in [-0.2, 0) is 0 Å². The highest BCUT2D eigenvalue weighted by atomic mass is 35.5. The third-order valence-corrected chi connectivity index (χ3v) is 3.38. The average molecular weight is 307 g/mol. The molecule has 2 aromatic rings. The number of ether oxygens (including phenoxy) is 3. The van der Waals surface area contributed by atoms with E-state index >= 15 is 0 Å². The van der Waals surface area contributed by atoms with Gasteiger partial charge in [-0.15, -0.1) is 0 Å². The van der Waals surface area contributed by atoms with Crippen molar-refractivity contribution in [1.82, 2.24) is 0 Å². The van der Waals surface area contributed by atoms with Crippen LogP contribution in [0.3, 0.4) is 0 Å². The van der Waals surface area contributed by atoms with Gasteiger partial charge in [0.05, 0.1) is 31.9 Å². The highest BCUT2D eigenvalue weighted by Gasteiger charge is 2.17. The lowest BCUT2D eigenvalue weighted by atomic mass is 10.0. The zero-order valence-electron chi connectivity index (χ0n) is 12.0. The van der Waals surface area contributed by atoms with E-state index < -0.39 is 0 Å². The van der Waals surface area contributed by atoms with Crippen LogP contribution in [-0.4, -0.2) is 27.1 Å². The van der Waals surface area contributed by atoms with Gasteiger partial charge in [0.25, 0.3) is 0 Å². The van der Waals surface area contributed by atoms with Crippen molar-refractivity contribution >= 4 is 17.4 Å². The number of ketones is 1. The van der Waals surface area contributed by atoms with Gasteiger partial charge < -0.3 is 14.2 Å². The number of methoxy groups -OCH3 is 3. The summed E-state index contributed by atoms with van der Waals surface area (Å²) in [6.07, 6.45) is 0. The number of carbonyl (C=O) groups is 1. The molecule has 110 valence electrons. The zero-order chi connectivity index (χ0) is 15.4. The summed E-state index contributed by atoms with van der Waals surface area (Å²) in [6.45, 7) is 0. The van der Waals surface area contributed by atoms with E-state index in [9.17, 15) is 4.79 Å². The van der Waals surface area contributed by atoms with E-state index in [-0.39, 0.29) is 5.78 Å². The van der Waals surface area contributed by atoms with Crippen LogP contribution in [0, 0.1) is 0 Å². The Morgan fingerprint density at radius 2 is 1.62 bits per heavy atom. The lowest BCUT2D eigenvalue weighted by Crippen LogP contribution is -2.05. The first-order valence-corrected chi connectivity index (χ1v) is 6.58. The number of rotatable bonds is 5. The van der Waals surface area contributed by atoms with E-state index in [1.807, 2.05) is 0 Å². The van der Waals surface area contributed by atoms with Crippen LogP contribution in [0.5, 0.6) is 17.2 Å². The van der Waals surface area contributed by atoms with E-state index in [2.05, 4.69) is 0 Å². The molecular weight excluding hydrogens is 292 g/mol. The smallest absolute Gasteiger partial charge is 0.197 e. The Morgan fingerprint density at radius 1 is 0.905 bits per heavy atom. The van der Waals surface area contributed by atoms with Crippen molar-refractivity contribution in [1.29, 1.82) is 0 Å². The Kier molecular flexibility index (Phi) is 4.70. The molecule has 0 atom stereocenters. The summed E-state index contributed by atoms with van der Waals surface area (Å²) in [7, 11) is 4.56. The number of halogens is 1. The molecule has 2 aromatic carbocycles. The largest absolute Gasteiger partial charge is 0.497 e. The fourth-order valence-corrected chi connectivity index (χ4v) is 2.14.